The number of anilines is 1. The van der Waals surface area contributed by atoms with Gasteiger partial charge >= 0.3 is 11.9 Å². The number of hydrogen-bond donors (Lipinski definition) is 1. The first-order valence-corrected chi connectivity index (χ1v) is 13.4. The van der Waals surface area contributed by atoms with Crippen molar-refractivity contribution in [3.8, 4) is 17.2 Å². The van der Waals surface area contributed by atoms with Gasteiger partial charge in [0.15, 0.2) is 16.6 Å². The number of ketones is 1. The number of rotatable bonds is 9. The van der Waals surface area contributed by atoms with Crippen molar-refractivity contribution in [2.75, 3.05) is 32.3 Å². The number of aromatic nitrogens is 1. The van der Waals surface area contributed by atoms with Crippen molar-refractivity contribution in [2.45, 2.75) is 33.7 Å². The van der Waals surface area contributed by atoms with Crippen LogP contribution in [0.4, 0.5) is 5.13 Å². The minimum atomic E-state index is -1.08. The monoisotopic (exact) mass is 566 g/mol. The highest BCUT2D eigenvalue weighted by Crippen LogP contribution is 2.45. The third-order valence-electron chi connectivity index (χ3n) is 6.37. The van der Waals surface area contributed by atoms with Gasteiger partial charge in [0.05, 0.1) is 44.7 Å². The normalized spacial score (nSPS) is 16.2. The van der Waals surface area contributed by atoms with Crippen LogP contribution in [0.2, 0.25) is 0 Å². The summed E-state index contributed by atoms with van der Waals surface area (Å²) in [6.07, 6.45) is 0. The molecule has 1 aliphatic rings. The van der Waals surface area contributed by atoms with Gasteiger partial charge in [0.1, 0.15) is 16.4 Å². The van der Waals surface area contributed by atoms with E-state index < -0.39 is 23.7 Å². The maximum atomic E-state index is 13.5. The van der Waals surface area contributed by atoms with Crippen LogP contribution in [0.5, 0.6) is 17.2 Å². The number of esters is 1. The molecule has 0 spiro atoms. The molecule has 0 radical (unpaired) electrons. The average molecular weight is 567 g/mol. The van der Waals surface area contributed by atoms with Crippen LogP contribution in [-0.4, -0.2) is 55.2 Å². The summed E-state index contributed by atoms with van der Waals surface area (Å²) in [5.41, 5.74) is 1.76. The SMILES string of the molecule is CCOC(=O)c1sc(N2C(=O)C(=O)/C(=C(/O)c3ccc(OC)c(C)c3)C2c2ccc(OCC)c(OC)c2)nc1C. The molecule has 2 aromatic carbocycles. The smallest absolute Gasteiger partial charge is 0.350 e. The van der Waals surface area contributed by atoms with Crippen LogP contribution >= 0.6 is 11.3 Å². The number of thiazole rings is 1. The molecule has 0 aliphatic carbocycles. The van der Waals surface area contributed by atoms with Crippen LogP contribution in [0.3, 0.4) is 0 Å². The second-order valence-corrected chi connectivity index (χ2v) is 9.81. The summed E-state index contributed by atoms with van der Waals surface area (Å²) in [5, 5.41) is 11.6. The molecular formula is C29H30N2O8S. The van der Waals surface area contributed by atoms with Crippen molar-refractivity contribution in [3.63, 3.8) is 0 Å². The summed E-state index contributed by atoms with van der Waals surface area (Å²) in [7, 11) is 3.02. The Bertz CT molecular complexity index is 1510. The van der Waals surface area contributed by atoms with Crippen LogP contribution < -0.4 is 19.1 Å². The molecule has 1 fully saturated rings. The Kier molecular flexibility index (Phi) is 8.43. The first kappa shape index (κ1) is 28.6. The number of aliphatic hydroxyl groups is 1. The van der Waals surface area contributed by atoms with Crippen molar-refractivity contribution >= 4 is 39.9 Å². The van der Waals surface area contributed by atoms with Gasteiger partial charge in [-0.05, 0) is 69.2 Å². The maximum absolute atomic E-state index is 13.5. The van der Waals surface area contributed by atoms with Gasteiger partial charge in [-0.2, -0.15) is 0 Å². The number of hydrogen-bond acceptors (Lipinski definition) is 10. The Balaban J connectivity index is 1.95. The van der Waals surface area contributed by atoms with Crippen LogP contribution in [0.15, 0.2) is 42.0 Å². The predicted molar refractivity (Wildman–Crippen MR) is 149 cm³/mol. The van der Waals surface area contributed by atoms with E-state index in [0.29, 0.717) is 40.7 Å². The molecule has 4 rings (SSSR count). The standard InChI is InChI=1S/C29H30N2O8S/c1-7-38-20-12-9-17(14-21(20)37-6)23-22(24(32)18-10-11-19(36-5)15(3)13-18)25(33)27(34)31(23)29-30-16(4)26(40-29)28(35)39-8-2/h9-14,23,32H,7-8H2,1-6H3/b24-22+. The Hall–Kier alpha value is -4.38. The van der Waals surface area contributed by atoms with Crippen LogP contribution in [0, 0.1) is 13.8 Å². The van der Waals surface area contributed by atoms with Crippen molar-refractivity contribution in [1.82, 2.24) is 4.98 Å². The highest BCUT2D eigenvalue weighted by atomic mass is 32.1. The van der Waals surface area contributed by atoms with E-state index in [1.165, 1.54) is 19.1 Å². The van der Waals surface area contributed by atoms with Gasteiger partial charge in [0, 0.05) is 5.56 Å². The van der Waals surface area contributed by atoms with Gasteiger partial charge in [-0.25, -0.2) is 9.78 Å². The molecular weight excluding hydrogens is 536 g/mol. The van der Waals surface area contributed by atoms with Gasteiger partial charge < -0.3 is 24.1 Å². The van der Waals surface area contributed by atoms with Gasteiger partial charge in [0.25, 0.3) is 5.78 Å². The van der Waals surface area contributed by atoms with E-state index in [4.69, 9.17) is 18.9 Å². The van der Waals surface area contributed by atoms with Crippen molar-refractivity contribution in [2.24, 2.45) is 0 Å². The van der Waals surface area contributed by atoms with Crippen LogP contribution in [0.25, 0.3) is 5.76 Å². The summed E-state index contributed by atoms with van der Waals surface area (Å²) >= 11 is 0.938. The number of amides is 1. The highest BCUT2D eigenvalue weighted by Gasteiger charge is 2.48. The van der Waals surface area contributed by atoms with Crippen molar-refractivity contribution in [1.29, 1.82) is 0 Å². The van der Waals surface area contributed by atoms with Gasteiger partial charge in [-0.15, -0.1) is 0 Å². The first-order valence-electron chi connectivity index (χ1n) is 12.6. The molecule has 1 unspecified atom stereocenters. The zero-order chi connectivity index (χ0) is 29.1. The zero-order valence-corrected chi connectivity index (χ0v) is 23.9. The number of ether oxygens (including phenoxy) is 4. The van der Waals surface area contributed by atoms with Crippen LogP contribution in [-0.2, 0) is 14.3 Å². The second kappa shape index (κ2) is 11.8. The number of nitrogens with zero attached hydrogens (tertiary/aromatic N) is 2. The molecule has 0 saturated carbocycles. The Morgan fingerprint density at radius 1 is 1.00 bits per heavy atom. The zero-order valence-electron chi connectivity index (χ0n) is 23.1. The number of aryl methyl sites for hydroxylation is 2. The molecule has 11 heteroatoms. The lowest BCUT2D eigenvalue weighted by Crippen LogP contribution is -2.29. The topological polar surface area (TPSA) is 124 Å². The van der Waals surface area contributed by atoms with E-state index in [1.807, 2.05) is 6.92 Å². The highest BCUT2D eigenvalue weighted by molar-refractivity contribution is 7.17. The number of carbonyl (C=O) groups excluding carboxylic acids is 3. The predicted octanol–water partition coefficient (Wildman–Crippen LogP) is 4.98. The lowest BCUT2D eigenvalue weighted by atomic mass is 9.94. The summed E-state index contributed by atoms with van der Waals surface area (Å²) in [4.78, 5) is 45.4. The third kappa shape index (κ3) is 5.12. The Morgan fingerprint density at radius 3 is 2.33 bits per heavy atom. The summed E-state index contributed by atoms with van der Waals surface area (Å²) in [6.45, 7) is 7.53. The molecule has 1 N–H and O–H groups in total. The molecule has 40 heavy (non-hydrogen) atoms. The van der Waals surface area contributed by atoms with E-state index in [1.54, 1.807) is 57.2 Å². The summed E-state index contributed by atoms with van der Waals surface area (Å²) in [5.74, 6) is -1.26. The lowest BCUT2D eigenvalue weighted by Gasteiger charge is -2.24. The van der Waals surface area contributed by atoms with E-state index >= 15 is 0 Å². The number of aliphatic hydroxyl groups excluding tert-OH is 1. The second-order valence-electron chi connectivity index (χ2n) is 8.83. The Labute approximate surface area is 235 Å². The van der Waals surface area contributed by atoms with Gasteiger partial charge in [-0.3, -0.25) is 14.5 Å². The molecule has 10 nitrogen and oxygen atoms in total. The fraction of sp³-hybridized carbons (Fsp3) is 0.310. The summed E-state index contributed by atoms with van der Waals surface area (Å²) < 4.78 is 21.6. The maximum Gasteiger partial charge on any atom is 0.350 e. The molecule has 210 valence electrons. The average Bonchev–Trinajstić information content (AvgIpc) is 3.45. The largest absolute Gasteiger partial charge is 0.507 e. The molecule has 1 aliphatic heterocycles. The Morgan fingerprint density at radius 2 is 1.70 bits per heavy atom. The van der Waals surface area contributed by atoms with Crippen LogP contribution in [0.1, 0.15) is 51.9 Å². The number of carbonyl (C=O) groups is 3. The van der Waals surface area contributed by atoms with E-state index in [0.717, 1.165) is 16.9 Å². The molecule has 0 bridgehead atoms. The summed E-state index contributed by atoms with van der Waals surface area (Å²) in [6, 6.07) is 8.88. The van der Waals surface area contributed by atoms with E-state index in [2.05, 4.69) is 4.98 Å². The quantitative estimate of drug-likeness (QED) is 0.165. The molecule has 1 aromatic heterocycles. The fourth-order valence-corrected chi connectivity index (χ4v) is 5.51. The minimum absolute atomic E-state index is 0.116. The molecule has 2 heterocycles. The number of benzene rings is 2. The lowest BCUT2D eigenvalue weighted by molar-refractivity contribution is -0.132. The number of Topliss-reactive ketones (excluding diaryl/α,β-unsaturated/α-hetero) is 1. The first-order chi connectivity index (χ1) is 19.2. The number of methoxy groups -OCH3 is 2. The third-order valence-corrected chi connectivity index (χ3v) is 7.50. The minimum Gasteiger partial charge on any atom is -0.507 e. The van der Waals surface area contributed by atoms with Crippen molar-refractivity contribution < 1.29 is 38.4 Å². The molecule has 1 amide bonds. The van der Waals surface area contributed by atoms with Crippen molar-refractivity contribution in [3.05, 3.63) is 69.2 Å². The van der Waals surface area contributed by atoms with E-state index in [-0.39, 0.29) is 27.9 Å². The fourth-order valence-electron chi connectivity index (χ4n) is 4.53. The molecule has 1 saturated heterocycles. The molecule has 3 aromatic rings. The van der Waals surface area contributed by atoms with Gasteiger partial charge in [0.2, 0.25) is 0 Å². The van der Waals surface area contributed by atoms with E-state index in [9.17, 15) is 19.5 Å². The molecule has 1 atom stereocenters. The van der Waals surface area contributed by atoms with Gasteiger partial charge in [-0.1, -0.05) is 17.4 Å².